The number of rotatable bonds is 4. The molecule has 0 bridgehead atoms. The maximum absolute atomic E-state index is 8.94. The average molecular weight is 260 g/mol. The fraction of sp³-hybridized carbons (Fsp3) is 0.385. The van der Waals surface area contributed by atoms with Crippen molar-refractivity contribution < 1.29 is 0 Å². The van der Waals surface area contributed by atoms with Crippen molar-refractivity contribution in [3.8, 4) is 6.07 Å². The largest absolute Gasteiger partial charge is 0.369 e. The number of aromatic nitrogens is 2. The minimum atomic E-state index is 0.522. The highest BCUT2D eigenvalue weighted by molar-refractivity contribution is 7.99. The van der Waals surface area contributed by atoms with Gasteiger partial charge < -0.3 is 10.3 Å². The first-order chi connectivity index (χ1) is 8.65. The molecule has 1 atom stereocenters. The third-order valence-electron chi connectivity index (χ3n) is 3.07. The quantitative estimate of drug-likeness (QED) is 0.917. The lowest BCUT2D eigenvalue weighted by Gasteiger charge is -2.10. The van der Waals surface area contributed by atoms with Crippen molar-refractivity contribution >= 4 is 28.7 Å². The van der Waals surface area contributed by atoms with Crippen LogP contribution in [0.3, 0.4) is 0 Å². The second-order valence-electron chi connectivity index (χ2n) is 4.27. The van der Waals surface area contributed by atoms with Crippen molar-refractivity contribution in [1.29, 1.82) is 5.26 Å². The number of hydrogen-bond donors (Lipinski definition) is 1. The molecule has 0 radical (unpaired) electrons. The number of imidazole rings is 1. The van der Waals surface area contributed by atoms with E-state index in [4.69, 9.17) is 11.0 Å². The number of benzene rings is 1. The van der Waals surface area contributed by atoms with E-state index in [2.05, 4.69) is 24.2 Å². The first-order valence-electron chi connectivity index (χ1n) is 5.84. The van der Waals surface area contributed by atoms with Crippen LogP contribution in [0.1, 0.15) is 18.9 Å². The predicted octanol–water partition coefficient (Wildman–Crippen LogP) is 2.63. The molecule has 0 saturated heterocycles. The van der Waals surface area contributed by atoms with Crippen molar-refractivity contribution in [1.82, 2.24) is 9.55 Å². The zero-order chi connectivity index (χ0) is 13.1. The molecule has 94 valence electrons. The van der Waals surface area contributed by atoms with Gasteiger partial charge in [-0.3, -0.25) is 0 Å². The number of fused-ring (bicyclic) bond motifs is 1. The van der Waals surface area contributed by atoms with Gasteiger partial charge in [0.25, 0.3) is 0 Å². The van der Waals surface area contributed by atoms with Crippen molar-refractivity contribution in [2.45, 2.75) is 25.1 Å². The Morgan fingerprint density at radius 1 is 1.56 bits per heavy atom. The molecule has 0 saturated carbocycles. The summed E-state index contributed by atoms with van der Waals surface area (Å²) in [6.45, 7) is 3.03. The molecule has 1 aromatic carbocycles. The summed E-state index contributed by atoms with van der Waals surface area (Å²) >= 11 is 1.84. The van der Waals surface area contributed by atoms with Crippen molar-refractivity contribution in [2.24, 2.45) is 0 Å². The SMILES string of the molecule is CSC(C)CCn1c(N)nc2ccc(C#N)cc21. The maximum atomic E-state index is 8.94. The van der Waals surface area contributed by atoms with Crippen LogP contribution in [0.5, 0.6) is 0 Å². The van der Waals surface area contributed by atoms with Gasteiger partial charge in [0.05, 0.1) is 22.7 Å². The molecule has 18 heavy (non-hydrogen) atoms. The van der Waals surface area contributed by atoms with Crippen molar-refractivity contribution in [3.05, 3.63) is 23.8 Å². The van der Waals surface area contributed by atoms with E-state index >= 15 is 0 Å². The van der Waals surface area contributed by atoms with Crippen LogP contribution in [0.25, 0.3) is 11.0 Å². The van der Waals surface area contributed by atoms with Gasteiger partial charge in [-0.1, -0.05) is 6.92 Å². The molecule has 1 unspecified atom stereocenters. The fourth-order valence-corrected chi connectivity index (χ4v) is 2.22. The van der Waals surface area contributed by atoms with Gasteiger partial charge in [-0.25, -0.2) is 4.98 Å². The van der Waals surface area contributed by atoms with Crippen LogP contribution in [-0.2, 0) is 6.54 Å². The van der Waals surface area contributed by atoms with E-state index in [1.54, 1.807) is 6.07 Å². The molecular weight excluding hydrogens is 244 g/mol. The molecule has 2 rings (SSSR count). The third kappa shape index (κ3) is 2.44. The topological polar surface area (TPSA) is 67.6 Å². The van der Waals surface area contributed by atoms with E-state index in [0.717, 1.165) is 24.0 Å². The molecular formula is C13H16N4S. The second kappa shape index (κ2) is 5.32. The zero-order valence-electron chi connectivity index (χ0n) is 10.6. The third-order valence-corrected chi connectivity index (χ3v) is 4.11. The average Bonchev–Trinajstić information content (AvgIpc) is 2.70. The van der Waals surface area contributed by atoms with Crippen LogP contribution in [0, 0.1) is 11.3 Å². The van der Waals surface area contributed by atoms with Gasteiger partial charge in [0.1, 0.15) is 0 Å². The highest BCUT2D eigenvalue weighted by atomic mass is 32.2. The minimum absolute atomic E-state index is 0.522. The lowest BCUT2D eigenvalue weighted by molar-refractivity contribution is 0.662. The van der Waals surface area contributed by atoms with Gasteiger partial charge >= 0.3 is 0 Å². The highest BCUT2D eigenvalue weighted by Gasteiger charge is 2.10. The Kier molecular flexibility index (Phi) is 3.78. The summed E-state index contributed by atoms with van der Waals surface area (Å²) in [5, 5.41) is 9.52. The molecule has 1 aromatic heterocycles. The standard InChI is InChI=1S/C13H16N4S/c1-9(18-2)5-6-17-12-7-10(8-14)3-4-11(12)16-13(17)15/h3-4,7,9H,5-6H2,1-2H3,(H2,15,16). The van der Waals surface area contributed by atoms with Crippen molar-refractivity contribution in [2.75, 3.05) is 12.0 Å². The molecule has 0 aliphatic rings. The van der Waals surface area contributed by atoms with E-state index in [0.29, 0.717) is 16.8 Å². The first kappa shape index (κ1) is 12.8. The lowest BCUT2D eigenvalue weighted by atomic mass is 10.2. The Morgan fingerprint density at radius 2 is 2.33 bits per heavy atom. The van der Waals surface area contributed by atoms with Crippen LogP contribution in [0.4, 0.5) is 5.95 Å². The van der Waals surface area contributed by atoms with E-state index in [-0.39, 0.29) is 0 Å². The Labute approximate surface area is 111 Å². The predicted molar refractivity (Wildman–Crippen MR) is 76.5 cm³/mol. The zero-order valence-corrected chi connectivity index (χ0v) is 11.4. The smallest absolute Gasteiger partial charge is 0.201 e. The van der Waals surface area contributed by atoms with Crippen LogP contribution in [0.15, 0.2) is 18.2 Å². The van der Waals surface area contributed by atoms with Crippen LogP contribution in [0.2, 0.25) is 0 Å². The fourth-order valence-electron chi connectivity index (χ4n) is 1.87. The minimum Gasteiger partial charge on any atom is -0.369 e. The van der Waals surface area contributed by atoms with Gasteiger partial charge in [-0.2, -0.15) is 17.0 Å². The summed E-state index contributed by atoms with van der Waals surface area (Å²) in [5.41, 5.74) is 8.37. The van der Waals surface area contributed by atoms with E-state index in [1.807, 2.05) is 28.5 Å². The van der Waals surface area contributed by atoms with E-state index < -0.39 is 0 Å². The van der Waals surface area contributed by atoms with Gasteiger partial charge in [0, 0.05) is 11.8 Å². The van der Waals surface area contributed by atoms with Crippen molar-refractivity contribution in [3.63, 3.8) is 0 Å². The van der Waals surface area contributed by atoms with Crippen LogP contribution in [-0.4, -0.2) is 21.1 Å². The number of nitrogens with zero attached hydrogens (tertiary/aromatic N) is 3. The number of hydrogen-bond acceptors (Lipinski definition) is 4. The Morgan fingerprint density at radius 3 is 3.00 bits per heavy atom. The molecule has 0 amide bonds. The van der Waals surface area contributed by atoms with Crippen LogP contribution < -0.4 is 5.73 Å². The summed E-state index contributed by atoms with van der Waals surface area (Å²) in [6, 6.07) is 7.61. The van der Waals surface area contributed by atoms with Gasteiger partial charge in [0.15, 0.2) is 0 Å². The number of nitrogen functional groups attached to an aromatic ring is 1. The lowest BCUT2D eigenvalue weighted by Crippen LogP contribution is -2.07. The number of aryl methyl sites for hydroxylation is 1. The summed E-state index contributed by atoms with van der Waals surface area (Å²) in [7, 11) is 0. The molecule has 0 aliphatic carbocycles. The molecule has 5 heteroatoms. The van der Waals surface area contributed by atoms with Gasteiger partial charge in [-0.05, 0) is 30.9 Å². The summed E-state index contributed by atoms with van der Waals surface area (Å²) in [6.07, 6.45) is 3.14. The summed E-state index contributed by atoms with van der Waals surface area (Å²) < 4.78 is 1.99. The molecule has 0 aliphatic heterocycles. The Bertz CT molecular complexity index is 597. The molecule has 0 spiro atoms. The van der Waals surface area contributed by atoms with E-state index in [1.165, 1.54) is 0 Å². The number of thioether (sulfide) groups is 1. The van der Waals surface area contributed by atoms with Gasteiger partial charge in [0.2, 0.25) is 5.95 Å². The first-order valence-corrected chi connectivity index (χ1v) is 7.13. The van der Waals surface area contributed by atoms with Crippen LogP contribution >= 0.6 is 11.8 Å². The number of nitrogens with two attached hydrogens (primary N) is 1. The maximum Gasteiger partial charge on any atom is 0.201 e. The molecule has 0 fully saturated rings. The normalized spacial score (nSPS) is 12.5. The summed E-state index contributed by atoms with van der Waals surface area (Å²) in [4.78, 5) is 4.32. The van der Waals surface area contributed by atoms with Gasteiger partial charge in [-0.15, -0.1) is 0 Å². The number of anilines is 1. The highest BCUT2D eigenvalue weighted by Crippen LogP contribution is 2.21. The molecule has 4 nitrogen and oxygen atoms in total. The molecule has 2 N–H and O–H groups in total. The summed E-state index contributed by atoms with van der Waals surface area (Å²) in [5.74, 6) is 0.522. The van der Waals surface area contributed by atoms with E-state index in [9.17, 15) is 0 Å². The monoisotopic (exact) mass is 260 g/mol. The Balaban J connectivity index is 2.36. The Hall–Kier alpha value is -1.67. The molecule has 1 heterocycles. The number of nitriles is 1. The second-order valence-corrected chi connectivity index (χ2v) is 5.55. The molecule has 2 aromatic rings.